The summed E-state index contributed by atoms with van der Waals surface area (Å²) in [6.07, 6.45) is 0. The predicted molar refractivity (Wildman–Crippen MR) is 71.3 cm³/mol. The van der Waals surface area contributed by atoms with E-state index in [0.29, 0.717) is 5.56 Å². The summed E-state index contributed by atoms with van der Waals surface area (Å²) in [7, 11) is 0. The van der Waals surface area contributed by atoms with Crippen LogP contribution in [0.5, 0.6) is 0 Å². The molecule has 0 bridgehead atoms. The molecule has 0 aromatic heterocycles. The Balaban J connectivity index is 2.04. The van der Waals surface area contributed by atoms with Crippen LogP contribution < -0.4 is 5.73 Å². The van der Waals surface area contributed by atoms with Gasteiger partial charge in [0.2, 0.25) is 0 Å². The van der Waals surface area contributed by atoms with Crippen molar-refractivity contribution in [2.24, 2.45) is 0 Å². The van der Waals surface area contributed by atoms with Crippen LogP contribution in [-0.2, 0) is 11.3 Å². The lowest BCUT2D eigenvalue weighted by atomic mass is 10.2. The molecule has 0 saturated heterocycles. The largest absolute Gasteiger partial charge is 0.457 e. The first kappa shape index (κ1) is 14.3. The van der Waals surface area contributed by atoms with Gasteiger partial charge in [-0.05, 0) is 35.9 Å². The average Bonchev–Trinajstić information content (AvgIpc) is 2.43. The van der Waals surface area contributed by atoms with E-state index in [1.165, 1.54) is 30.3 Å². The number of carbonyl (C=O) groups is 1. The van der Waals surface area contributed by atoms with Gasteiger partial charge in [0.1, 0.15) is 18.2 Å². The van der Waals surface area contributed by atoms with Crippen LogP contribution in [0.3, 0.4) is 0 Å². The molecule has 2 aromatic carbocycles. The van der Waals surface area contributed by atoms with Crippen LogP contribution in [0.4, 0.5) is 14.5 Å². The smallest absolute Gasteiger partial charge is 0.338 e. The van der Waals surface area contributed by atoms with Gasteiger partial charge in [0.25, 0.3) is 0 Å². The number of rotatable bonds is 3. The second-order valence-electron chi connectivity index (χ2n) is 4.06. The van der Waals surface area contributed by atoms with E-state index in [4.69, 9.17) is 22.1 Å². The number of halogens is 3. The van der Waals surface area contributed by atoms with Crippen molar-refractivity contribution in [3.8, 4) is 0 Å². The lowest BCUT2D eigenvalue weighted by Gasteiger charge is -2.06. The van der Waals surface area contributed by atoms with Crippen molar-refractivity contribution in [1.82, 2.24) is 0 Å². The maximum Gasteiger partial charge on any atom is 0.338 e. The SMILES string of the molecule is Nc1cc(C(=O)OCc2ccc(F)c(Cl)c2)ccc1F. The molecule has 0 aliphatic carbocycles. The Bertz CT molecular complexity index is 662. The van der Waals surface area contributed by atoms with Gasteiger partial charge in [-0.3, -0.25) is 0 Å². The average molecular weight is 298 g/mol. The minimum Gasteiger partial charge on any atom is -0.457 e. The van der Waals surface area contributed by atoms with E-state index in [1.807, 2.05) is 0 Å². The zero-order valence-corrected chi connectivity index (χ0v) is 11.0. The summed E-state index contributed by atoms with van der Waals surface area (Å²) in [5.41, 5.74) is 5.90. The third-order valence-electron chi connectivity index (χ3n) is 2.59. The van der Waals surface area contributed by atoms with E-state index in [2.05, 4.69) is 0 Å². The molecule has 0 aliphatic rings. The fourth-order valence-corrected chi connectivity index (χ4v) is 1.74. The Hall–Kier alpha value is -2.14. The van der Waals surface area contributed by atoms with Crippen molar-refractivity contribution in [2.45, 2.75) is 6.61 Å². The summed E-state index contributed by atoms with van der Waals surface area (Å²) in [4.78, 5) is 11.7. The van der Waals surface area contributed by atoms with Crippen LogP contribution in [0.1, 0.15) is 15.9 Å². The number of carbonyl (C=O) groups excluding carboxylic acids is 1. The lowest BCUT2D eigenvalue weighted by Crippen LogP contribution is -2.06. The van der Waals surface area contributed by atoms with Gasteiger partial charge in [-0.15, -0.1) is 0 Å². The topological polar surface area (TPSA) is 52.3 Å². The first-order valence-electron chi connectivity index (χ1n) is 5.63. The first-order valence-corrected chi connectivity index (χ1v) is 6.01. The van der Waals surface area contributed by atoms with Crippen LogP contribution in [0, 0.1) is 11.6 Å². The summed E-state index contributed by atoms with van der Waals surface area (Å²) in [5.74, 6) is -1.81. The number of nitrogens with two attached hydrogens (primary N) is 1. The van der Waals surface area contributed by atoms with Crippen LogP contribution in [0.2, 0.25) is 5.02 Å². The Kier molecular flexibility index (Phi) is 4.20. The summed E-state index contributed by atoms with van der Waals surface area (Å²) in [5, 5.41) is -0.0513. The van der Waals surface area contributed by atoms with E-state index >= 15 is 0 Å². The maximum absolute atomic E-state index is 13.0. The number of hydrogen-bond acceptors (Lipinski definition) is 3. The Morgan fingerprint density at radius 3 is 2.50 bits per heavy atom. The normalized spacial score (nSPS) is 10.3. The van der Waals surface area contributed by atoms with Gasteiger partial charge in [0, 0.05) is 0 Å². The van der Waals surface area contributed by atoms with Crippen molar-refractivity contribution >= 4 is 23.3 Å². The molecule has 104 valence electrons. The van der Waals surface area contributed by atoms with Crippen molar-refractivity contribution in [1.29, 1.82) is 0 Å². The van der Waals surface area contributed by atoms with Crippen LogP contribution in [-0.4, -0.2) is 5.97 Å². The van der Waals surface area contributed by atoms with E-state index < -0.39 is 17.6 Å². The molecule has 2 rings (SSSR count). The number of ether oxygens (including phenoxy) is 1. The highest BCUT2D eigenvalue weighted by Gasteiger charge is 2.10. The number of esters is 1. The second-order valence-corrected chi connectivity index (χ2v) is 4.47. The number of anilines is 1. The molecule has 20 heavy (non-hydrogen) atoms. The first-order chi connectivity index (χ1) is 9.47. The molecule has 0 fully saturated rings. The van der Waals surface area contributed by atoms with Crippen LogP contribution in [0.15, 0.2) is 36.4 Å². The standard InChI is InChI=1S/C14H10ClF2NO2/c15-10-5-8(1-3-11(10)16)7-20-14(19)9-2-4-12(17)13(18)6-9/h1-6H,7,18H2. The monoisotopic (exact) mass is 297 g/mol. The third kappa shape index (κ3) is 3.24. The maximum atomic E-state index is 13.0. The third-order valence-corrected chi connectivity index (χ3v) is 2.88. The molecular formula is C14H10ClF2NO2. The number of benzene rings is 2. The molecule has 0 heterocycles. The Labute approximate surface area is 118 Å². The highest BCUT2D eigenvalue weighted by Crippen LogP contribution is 2.18. The molecule has 3 nitrogen and oxygen atoms in total. The molecule has 0 radical (unpaired) electrons. The fourth-order valence-electron chi connectivity index (χ4n) is 1.53. The molecule has 0 saturated carbocycles. The van der Waals surface area contributed by atoms with Gasteiger partial charge < -0.3 is 10.5 Å². The molecule has 0 spiro atoms. The zero-order valence-electron chi connectivity index (χ0n) is 10.2. The second kappa shape index (κ2) is 5.88. The Morgan fingerprint density at radius 2 is 1.85 bits per heavy atom. The van der Waals surface area contributed by atoms with Crippen molar-refractivity contribution in [3.63, 3.8) is 0 Å². The Morgan fingerprint density at radius 1 is 1.15 bits per heavy atom. The van der Waals surface area contributed by atoms with Gasteiger partial charge in [0.05, 0.1) is 16.3 Å². The lowest BCUT2D eigenvalue weighted by molar-refractivity contribution is 0.0472. The summed E-state index contributed by atoms with van der Waals surface area (Å²) >= 11 is 5.61. The van der Waals surface area contributed by atoms with Crippen molar-refractivity contribution in [3.05, 3.63) is 64.2 Å². The molecule has 2 aromatic rings. The molecule has 2 N–H and O–H groups in total. The molecular weight excluding hydrogens is 288 g/mol. The van der Waals surface area contributed by atoms with E-state index in [0.717, 1.165) is 6.07 Å². The molecule has 0 unspecified atom stereocenters. The van der Waals surface area contributed by atoms with E-state index in [1.54, 1.807) is 0 Å². The predicted octanol–water partition coefficient (Wildman–Crippen LogP) is 3.56. The number of hydrogen-bond donors (Lipinski definition) is 1. The minimum atomic E-state index is -0.655. The van der Waals surface area contributed by atoms with Crippen molar-refractivity contribution in [2.75, 3.05) is 5.73 Å². The van der Waals surface area contributed by atoms with Gasteiger partial charge in [-0.2, -0.15) is 0 Å². The summed E-state index contributed by atoms with van der Waals surface area (Å²) < 4.78 is 30.9. The van der Waals surface area contributed by atoms with Crippen LogP contribution >= 0.6 is 11.6 Å². The molecule has 0 amide bonds. The minimum absolute atomic E-state index is 0.0513. The molecule has 0 atom stereocenters. The summed E-state index contributed by atoms with van der Waals surface area (Å²) in [6.45, 7) is -0.0733. The van der Waals surface area contributed by atoms with Crippen LogP contribution in [0.25, 0.3) is 0 Å². The summed E-state index contributed by atoms with van der Waals surface area (Å²) in [6, 6.07) is 7.54. The quantitative estimate of drug-likeness (QED) is 0.696. The molecule has 0 aliphatic heterocycles. The fraction of sp³-hybridized carbons (Fsp3) is 0.0714. The zero-order chi connectivity index (χ0) is 14.7. The highest BCUT2D eigenvalue weighted by atomic mass is 35.5. The van der Waals surface area contributed by atoms with Gasteiger partial charge in [-0.1, -0.05) is 17.7 Å². The molecule has 6 heteroatoms. The highest BCUT2D eigenvalue weighted by molar-refractivity contribution is 6.30. The van der Waals surface area contributed by atoms with E-state index in [9.17, 15) is 13.6 Å². The number of nitrogen functional groups attached to an aromatic ring is 1. The van der Waals surface area contributed by atoms with Gasteiger partial charge >= 0.3 is 5.97 Å². The van der Waals surface area contributed by atoms with Gasteiger partial charge in [0.15, 0.2) is 0 Å². The van der Waals surface area contributed by atoms with Crippen molar-refractivity contribution < 1.29 is 18.3 Å². The van der Waals surface area contributed by atoms with E-state index in [-0.39, 0.29) is 22.9 Å². The van der Waals surface area contributed by atoms with Gasteiger partial charge in [-0.25, -0.2) is 13.6 Å².